The van der Waals surface area contributed by atoms with Gasteiger partial charge in [-0.15, -0.1) is 11.3 Å². The van der Waals surface area contributed by atoms with Gasteiger partial charge in [-0.2, -0.15) is 0 Å². The van der Waals surface area contributed by atoms with Crippen LogP contribution >= 0.6 is 27.3 Å². The number of anilines is 2. The third-order valence-corrected chi connectivity index (χ3v) is 6.51. The zero-order valence-electron chi connectivity index (χ0n) is 18.1. The maximum atomic E-state index is 12.9. The Morgan fingerprint density at radius 2 is 1.84 bits per heavy atom. The monoisotopic (exact) mass is 518 g/mol. The SMILES string of the molecule is CC[C@@H](Oc1c(Br)ccc2c(C(=O)OC)c(NC(C)=O)sc12)C(=O)Nc1ccccc1C. The number of para-hydroxylation sites is 1. The molecular weight excluding hydrogens is 496 g/mol. The lowest BCUT2D eigenvalue weighted by Crippen LogP contribution is -2.32. The Morgan fingerprint density at radius 1 is 1.12 bits per heavy atom. The number of thiophene rings is 1. The second-order valence-corrected chi connectivity index (χ2v) is 8.93. The molecule has 1 atom stereocenters. The third-order valence-electron chi connectivity index (χ3n) is 4.77. The first-order valence-corrected chi connectivity index (χ1v) is 11.5. The van der Waals surface area contributed by atoms with Gasteiger partial charge in [-0.3, -0.25) is 9.59 Å². The number of hydrogen-bond acceptors (Lipinski definition) is 6. The predicted octanol–water partition coefficient (Wildman–Crippen LogP) is 5.51. The van der Waals surface area contributed by atoms with Crippen molar-refractivity contribution < 1.29 is 23.9 Å². The van der Waals surface area contributed by atoms with E-state index in [2.05, 4.69) is 26.6 Å². The van der Waals surface area contributed by atoms with Gasteiger partial charge in [-0.25, -0.2) is 4.79 Å². The largest absolute Gasteiger partial charge is 0.478 e. The van der Waals surface area contributed by atoms with E-state index in [1.165, 1.54) is 25.4 Å². The number of fused-ring (bicyclic) bond motifs is 1. The van der Waals surface area contributed by atoms with Crippen LogP contribution in [0.2, 0.25) is 0 Å². The Balaban J connectivity index is 2.01. The molecule has 3 rings (SSSR count). The maximum Gasteiger partial charge on any atom is 0.341 e. The number of benzene rings is 2. The van der Waals surface area contributed by atoms with Crippen LogP contribution in [-0.2, 0) is 14.3 Å². The highest BCUT2D eigenvalue weighted by Gasteiger charge is 2.26. The Bertz CT molecular complexity index is 1190. The number of amides is 2. The molecule has 0 spiro atoms. The number of aryl methyl sites for hydroxylation is 1. The van der Waals surface area contributed by atoms with Crippen molar-refractivity contribution in [3.63, 3.8) is 0 Å². The first kappa shape index (κ1) is 23.7. The lowest BCUT2D eigenvalue weighted by Gasteiger charge is -2.19. The summed E-state index contributed by atoms with van der Waals surface area (Å²) in [7, 11) is 1.28. The summed E-state index contributed by atoms with van der Waals surface area (Å²) in [5.41, 5.74) is 1.91. The number of nitrogens with one attached hydrogen (secondary N) is 2. The van der Waals surface area contributed by atoms with Crippen LogP contribution in [-0.4, -0.2) is 31.0 Å². The summed E-state index contributed by atoms with van der Waals surface area (Å²) >= 11 is 4.68. The Morgan fingerprint density at radius 3 is 2.47 bits per heavy atom. The van der Waals surface area contributed by atoms with E-state index >= 15 is 0 Å². The molecule has 0 saturated carbocycles. The molecule has 0 saturated heterocycles. The summed E-state index contributed by atoms with van der Waals surface area (Å²) in [6.45, 7) is 5.13. The summed E-state index contributed by atoms with van der Waals surface area (Å²) in [5, 5.41) is 6.52. The standard InChI is InChI=1S/C23H23BrN2O5S/c1-5-17(21(28)26-16-9-7-6-8-12(16)2)31-19-15(24)11-10-14-18(23(29)30-4)22(25-13(3)27)32-20(14)19/h6-11,17H,5H2,1-4H3,(H,25,27)(H,26,28)/t17-/m1/s1. The molecule has 0 aliphatic carbocycles. The van der Waals surface area contributed by atoms with Gasteiger partial charge in [0.05, 0.1) is 16.3 Å². The van der Waals surface area contributed by atoms with E-state index in [0.717, 1.165) is 5.56 Å². The van der Waals surface area contributed by atoms with E-state index in [9.17, 15) is 14.4 Å². The topological polar surface area (TPSA) is 93.7 Å². The second-order valence-electron chi connectivity index (χ2n) is 7.05. The number of hydrogen-bond donors (Lipinski definition) is 2. The number of ether oxygens (including phenoxy) is 2. The first-order chi connectivity index (χ1) is 15.3. The van der Waals surface area contributed by atoms with Gasteiger partial charge in [-0.1, -0.05) is 31.2 Å². The molecule has 0 unspecified atom stereocenters. The minimum absolute atomic E-state index is 0.248. The van der Waals surface area contributed by atoms with Crippen LogP contribution in [0.4, 0.5) is 10.7 Å². The highest BCUT2D eigenvalue weighted by molar-refractivity contribution is 9.10. The van der Waals surface area contributed by atoms with Gasteiger partial charge in [-0.05, 0) is 47.0 Å². The molecule has 2 amide bonds. The average Bonchev–Trinajstić information content (AvgIpc) is 3.11. The van der Waals surface area contributed by atoms with Crippen LogP contribution in [0.25, 0.3) is 10.1 Å². The molecule has 1 aromatic heterocycles. The molecule has 0 aliphatic heterocycles. The van der Waals surface area contributed by atoms with Gasteiger partial charge in [0.25, 0.3) is 5.91 Å². The van der Waals surface area contributed by atoms with Gasteiger partial charge in [0.15, 0.2) is 11.9 Å². The van der Waals surface area contributed by atoms with E-state index < -0.39 is 12.1 Å². The van der Waals surface area contributed by atoms with E-state index in [1.54, 1.807) is 12.1 Å². The lowest BCUT2D eigenvalue weighted by atomic mass is 10.1. The molecule has 7 nitrogen and oxygen atoms in total. The fourth-order valence-corrected chi connectivity index (χ4v) is 4.95. The molecule has 3 aromatic rings. The Hall–Kier alpha value is -2.91. The van der Waals surface area contributed by atoms with Crippen molar-refractivity contribution in [1.82, 2.24) is 0 Å². The van der Waals surface area contributed by atoms with Crippen molar-refractivity contribution in [3.8, 4) is 5.75 Å². The van der Waals surface area contributed by atoms with Crippen molar-refractivity contribution in [2.24, 2.45) is 0 Å². The van der Waals surface area contributed by atoms with Gasteiger partial charge in [0.2, 0.25) is 5.91 Å². The van der Waals surface area contributed by atoms with Gasteiger partial charge < -0.3 is 20.1 Å². The number of methoxy groups -OCH3 is 1. The number of carbonyl (C=O) groups is 3. The number of halogens is 1. The summed E-state index contributed by atoms with van der Waals surface area (Å²) < 4.78 is 12.3. The molecule has 168 valence electrons. The molecule has 9 heteroatoms. The van der Waals surface area contributed by atoms with E-state index in [4.69, 9.17) is 9.47 Å². The summed E-state index contributed by atoms with van der Waals surface area (Å²) in [5.74, 6) is -0.747. The van der Waals surface area contributed by atoms with Gasteiger partial charge >= 0.3 is 5.97 Å². The molecule has 0 aliphatic rings. The van der Waals surface area contributed by atoms with Crippen LogP contribution < -0.4 is 15.4 Å². The van der Waals surface area contributed by atoms with Crippen molar-refractivity contribution in [1.29, 1.82) is 0 Å². The zero-order chi connectivity index (χ0) is 23.4. The molecule has 0 fully saturated rings. The van der Waals surface area contributed by atoms with E-state index in [-0.39, 0.29) is 17.4 Å². The summed E-state index contributed by atoms with van der Waals surface area (Å²) in [6.07, 6.45) is -0.349. The highest BCUT2D eigenvalue weighted by atomic mass is 79.9. The van der Waals surface area contributed by atoms with Gasteiger partial charge in [0, 0.05) is 18.0 Å². The summed E-state index contributed by atoms with van der Waals surface area (Å²) in [6, 6.07) is 11.0. The number of rotatable bonds is 7. The quantitative estimate of drug-likeness (QED) is 0.402. The van der Waals surface area contributed by atoms with Gasteiger partial charge in [0.1, 0.15) is 10.6 Å². The Kier molecular flexibility index (Phi) is 7.52. The lowest BCUT2D eigenvalue weighted by molar-refractivity contribution is -0.122. The van der Waals surface area contributed by atoms with Crippen molar-refractivity contribution >= 4 is 65.8 Å². The van der Waals surface area contributed by atoms with Crippen molar-refractivity contribution in [2.75, 3.05) is 17.7 Å². The normalized spacial score (nSPS) is 11.7. The zero-order valence-corrected chi connectivity index (χ0v) is 20.5. The molecule has 0 radical (unpaired) electrons. The minimum Gasteiger partial charge on any atom is -0.478 e. The first-order valence-electron chi connectivity index (χ1n) is 9.90. The van der Waals surface area contributed by atoms with Crippen LogP contribution in [0.5, 0.6) is 5.75 Å². The predicted molar refractivity (Wildman–Crippen MR) is 130 cm³/mol. The summed E-state index contributed by atoms with van der Waals surface area (Å²) in [4.78, 5) is 37.0. The molecular formula is C23H23BrN2O5S. The number of carbonyl (C=O) groups excluding carboxylic acids is 3. The number of esters is 1. The smallest absolute Gasteiger partial charge is 0.341 e. The molecule has 2 aromatic carbocycles. The highest BCUT2D eigenvalue weighted by Crippen LogP contribution is 2.45. The molecule has 0 bridgehead atoms. The fourth-order valence-electron chi connectivity index (χ4n) is 3.17. The maximum absolute atomic E-state index is 12.9. The molecule has 1 heterocycles. The third kappa shape index (κ3) is 4.94. The van der Waals surface area contributed by atoms with Crippen molar-refractivity contribution in [2.45, 2.75) is 33.3 Å². The second kappa shape index (κ2) is 10.1. The van der Waals surface area contributed by atoms with Crippen LogP contribution in [0.3, 0.4) is 0 Å². The fraction of sp³-hybridized carbons (Fsp3) is 0.261. The average molecular weight is 519 g/mol. The minimum atomic E-state index is -0.774. The van der Waals surface area contributed by atoms with Crippen LogP contribution in [0.15, 0.2) is 40.9 Å². The van der Waals surface area contributed by atoms with Crippen LogP contribution in [0, 0.1) is 6.92 Å². The van der Waals surface area contributed by atoms with Crippen LogP contribution in [0.1, 0.15) is 36.2 Å². The van der Waals surface area contributed by atoms with E-state index in [0.29, 0.717) is 37.4 Å². The Labute approximate surface area is 198 Å². The van der Waals surface area contributed by atoms with Crippen molar-refractivity contribution in [3.05, 3.63) is 52.0 Å². The van der Waals surface area contributed by atoms with E-state index in [1.807, 2.05) is 38.1 Å². The molecule has 2 N–H and O–H groups in total. The molecule has 32 heavy (non-hydrogen) atoms.